The molecule has 6 heteroatoms. The molecule has 0 aliphatic carbocycles. The molecule has 1 atom stereocenters. The van der Waals surface area contributed by atoms with Gasteiger partial charge in [-0.05, 0) is 39.4 Å². The molecule has 23 heavy (non-hydrogen) atoms. The monoisotopic (exact) mass is 369 g/mol. The van der Waals surface area contributed by atoms with E-state index < -0.39 is 8.80 Å². The Morgan fingerprint density at radius 3 is 1.87 bits per heavy atom. The van der Waals surface area contributed by atoms with Gasteiger partial charge in [-0.15, -0.1) is 12.4 Å². The maximum Gasteiger partial charge on any atom is 0.500 e. The topological polar surface area (TPSA) is 30.9 Å². The number of rotatable bonds is 15. The summed E-state index contributed by atoms with van der Waals surface area (Å²) in [6, 6.07) is 0.921. The van der Waals surface area contributed by atoms with Gasteiger partial charge in [0, 0.05) is 27.4 Å². The van der Waals surface area contributed by atoms with Gasteiger partial charge >= 0.3 is 8.80 Å². The predicted molar refractivity (Wildman–Crippen MR) is 103 cm³/mol. The van der Waals surface area contributed by atoms with Crippen molar-refractivity contribution < 1.29 is 13.3 Å². The Hall–Kier alpha value is 0.347. The second kappa shape index (κ2) is 15.9. The van der Waals surface area contributed by atoms with Gasteiger partial charge in [0.05, 0.1) is 0 Å². The van der Waals surface area contributed by atoms with E-state index in [2.05, 4.69) is 25.9 Å². The van der Waals surface area contributed by atoms with Gasteiger partial charge in [0.2, 0.25) is 0 Å². The zero-order chi connectivity index (χ0) is 16.8. The first-order chi connectivity index (χ1) is 10.5. The van der Waals surface area contributed by atoms with Gasteiger partial charge in [-0.1, -0.05) is 45.4 Å². The Labute approximate surface area is 152 Å². The molecule has 0 aromatic rings. The number of nitrogens with zero attached hydrogens (tertiary/aromatic N) is 1. The zero-order valence-electron chi connectivity index (χ0n) is 16.2. The quantitative estimate of drug-likeness (QED) is 0.311. The molecule has 0 bridgehead atoms. The predicted octanol–water partition coefficient (Wildman–Crippen LogP) is 4.60. The van der Waals surface area contributed by atoms with Crippen LogP contribution in [0.15, 0.2) is 0 Å². The fourth-order valence-corrected chi connectivity index (χ4v) is 4.65. The van der Waals surface area contributed by atoms with Crippen molar-refractivity contribution in [2.45, 2.75) is 64.3 Å². The van der Waals surface area contributed by atoms with Crippen molar-refractivity contribution >= 4 is 21.2 Å². The summed E-state index contributed by atoms with van der Waals surface area (Å²) in [4.78, 5) is 2.29. The summed E-state index contributed by atoms with van der Waals surface area (Å²) < 4.78 is 16.5. The molecule has 0 aromatic heterocycles. The van der Waals surface area contributed by atoms with Crippen LogP contribution in [0.2, 0.25) is 6.04 Å². The first-order valence-electron chi connectivity index (χ1n) is 8.83. The maximum atomic E-state index is 5.52. The molecule has 0 rings (SSSR count). The van der Waals surface area contributed by atoms with E-state index in [0.717, 1.165) is 18.4 Å². The van der Waals surface area contributed by atoms with E-state index in [-0.39, 0.29) is 12.4 Å². The minimum absolute atomic E-state index is 0. The molecule has 4 nitrogen and oxygen atoms in total. The third-order valence-corrected chi connectivity index (χ3v) is 7.31. The first kappa shape index (κ1) is 25.6. The molecule has 0 radical (unpaired) electrons. The zero-order valence-corrected chi connectivity index (χ0v) is 18.0. The molecule has 1 unspecified atom stereocenters. The summed E-state index contributed by atoms with van der Waals surface area (Å²) in [5.41, 5.74) is 0. The normalized spacial score (nSPS) is 13.2. The lowest BCUT2D eigenvalue weighted by molar-refractivity contribution is 0.122. The second-order valence-electron chi connectivity index (χ2n) is 6.49. The lowest BCUT2D eigenvalue weighted by Crippen LogP contribution is -2.42. The first-order valence-corrected chi connectivity index (χ1v) is 10.8. The molecule has 0 saturated carbocycles. The Balaban J connectivity index is 0. The van der Waals surface area contributed by atoms with E-state index in [1.54, 1.807) is 21.3 Å². The van der Waals surface area contributed by atoms with Gasteiger partial charge in [-0.2, -0.15) is 0 Å². The van der Waals surface area contributed by atoms with Crippen molar-refractivity contribution in [2.24, 2.45) is 5.92 Å². The Morgan fingerprint density at radius 1 is 0.826 bits per heavy atom. The molecule has 0 spiro atoms. The van der Waals surface area contributed by atoms with Crippen molar-refractivity contribution in [2.75, 3.05) is 42.0 Å². The highest BCUT2D eigenvalue weighted by Gasteiger charge is 2.37. The van der Waals surface area contributed by atoms with Gasteiger partial charge in [0.15, 0.2) is 0 Å². The van der Waals surface area contributed by atoms with Crippen LogP contribution in [-0.4, -0.2) is 55.7 Å². The molecule has 0 aliphatic heterocycles. The van der Waals surface area contributed by atoms with Gasteiger partial charge in [-0.25, -0.2) is 0 Å². The van der Waals surface area contributed by atoms with Gasteiger partial charge in [0.25, 0.3) is 0 Å². The van der Waals surface area contributed by atoms with Crippen LogP contribution >= 0.6 is 12.4 Å². The van der Waals surface area contributed by atoms with E-state index in [9.17, 15) is 0 Å². The molecule has 0 amide bonds. The van der Waals surface area contributed by atoms with Crippen LogP contribution in [0.3, 0.4) is 0 Å². The van der Waals surface area contributed by atoms with Gasteiger partial charge in [-0.3, -0.25) is 0 Å². The number of halogens is 1. The molecule has 142 valence electrons. The molecule has 0 aliphatic rings. The highest BCUT2D eigenvalue weighted by molar-refractivity contribution is 6.60. The third-order valence-electron chi connectivity index (χ3n) is 4.48. The van der Waals surface area contributed by atoms with Crippen LogP contribution in [0, 0.1) is 5.92 Å². The van der Waals surface area contributed by atoms with Crippen LogP contribution < -0.4 is 0 Å². The van der Waals surface area contributed by atoms with Gasteiger partial charge in [0.1, 0.15) is 0 Å². The summed E-state index contributed by atoms with van der Waals surface area (Å²) in [6.45, 7) is 3.45. The highest BCUT2D eigenvalue weighted by atomic mass is 35.5. The van der Waals surface area contributed by atoms with E-state index in [1.807, 2.05) is 0 Å². The minimum atomic E-state index is -2.38. The Kier molecular flexibility index (Phi) is 17.6. The van der Waals surface area contributed by atoms with Crippen LogP contribution in [-0.2, 0) is 13.3 Å². The number of unbranched alkanes of at least 4 members (excludes halogenated alkanes) is 3. The summed E-state index contributed by atoms with van der Waals surface area (Å²) >= 11 is 0. The fraction of sp³-hybridized carbons (Fsp3) is 1.00. The smallest absolute Gasteiger partial charge is 0.377 e. The second-order valence-corrected chi connectivity index (χ2v) is 9.59. The average Bonchev–Trinajstić information content (AvgIpc) is 2.53. The largest absolute Gasteiger partial charge is 0.500 e. The molecular weight excluding hydrogens is 330 g/mol. The van der Waals surface area contributed by atoms with Crippen molar-refractivity contribution in [3.05, 3.63) is 0 Å². The van der Waals surface area contributed by atoms with Crippen molar-refractivity contribution in [1.29, 1.82) is 0 Å². The lowest BCUT2D eigenvalue weighted by atomic mass is 9.93. The summed E-state index contributed by atoms with van der Waals surface area (Å²) in [7, 11) is 7.04. The van der Waals surface area contributed by atoms with Crippen molar-refractivity contribution in [1.82, 2.24) is 4.90 Å². The number of hydrogen-bond acceptors (Lipinski definition) is 4. The van der Waals surface area contributed by atoms with Crippen LogP contribution in [0.5, 0.6) is 0 Å². The van der Waals surface area contributed by atoms with Crippen molar-refractivity contribution in [3.63, 3.8) is 0 Å². The van der Waals surface area contributed by atoms with E-state index >= 15 is 0 Å². The Morgan fingerprint density at radius 2 is 1.39 bits per heavy atom. The summed E-state index contributed by atoms with van der Waals surface area (Å²) in [6.07, 6.45) is 10.5. The highest BCUT2D eigenvalue weighted by Crippen LogP contribution is 2.24. The van der Waals surface area contributed by atoms with E-state index in [1.165, 1.54) is 51.5 Å². The summed E-state index contributed by atoms with van der Waals surface area (Å²) in [5.74, 6) is 0.816. The van der Waals surface area contributed by atoms with E-state index in [0.29, 0.717) is 0 Å². The molecule has 0 heterocycles. The molecule has 0 N–H and O–H groups in total. The lowest BCUT2D eigenvalue weighted by Gasteiger charge is -2.25. The third kappa shape index (κ3) is 12.4. The van der Waals surface area contributed by atoms with Gasteiger partial charge < -0.3 is 18.2 Å². The molecule has 0 fully saturated rings. The molecular formula is C17H40ClNO3Si. The molecule has 0 aromatic carbocycles. The Bertz CT molecular complexity index is 246. The average molecular weight is 370 g/mol. The maximum absolute atomic E-state index is 5.52. The SMILES string of the molecule is CCCCCCC(CCC[Si](OC)(OC)OC)CCN(C)C.Cl. The standard InChI is InChI=1S/C17H39NO3Si.ClH/c1-7-8-9-10-12-17(14-15-18(2)3)13-11-16-22(19-4,20-5)21-6;/h17H,7-16H2,1-6H3;1H. The summed E-state index contributed by atoms with van der Waals surface area (Å²) in [5, 5.41) is 0. The minimum Gasteiger partial charge on any atom is -0.377 e. The van der Waals surface area contributed by atoms with E-state index in [4.69, 9.17) is 13.3 Å². The fourth-order valence-electron chi connectivity index (χ4n) is 2.90. The van der Waals surface area contributed by atoms with Crippen LogP contribution in [0.4, 0.5) is 0 Å². The number of hydrogen-bond donors (Lipinski definition) is 0. The van der Waals surface area contributed by atoms with Crippen LogP contribution in [0.1, 0.15) is 58.3 Å². The molecule has 0 saturated heterocycles. The van der Waals surface area contributed by atoms with Crippen LogP contribution in [0.25, 0.3) is 0 Å². The van der Waals surface area contributed by atoms with Crippen molar-refractivity contribution in [3.8, 4) is 0 Å².